The minimum Gasteiger partial charge on any atom is -0.399 e. The van der Waals surface area contributed by atoms with E-state index in [1.54, 1.807) is 23.5 Å². The molecule has 2 rings (SSSR count). The standard InChI is InChI=1S/C14H19N3O2S2/c1-3-11(13-5-4-8-20-13)17-12-7-6-10(15)9-14(12)21(18,19)16-2/h4-9,11,16-17H,3,15H2,1-2H3. The molecular weight excluding hydrogens is 306 g/mol. The molecule has 1 unspecified atom stereocenters. The van der Waals surface area contributed by atoms with E-state index in [0.29, 0.717) is 11.4 Å². The summed E-state index contributed by atoms with van der Waals surface area (Å²) in [7, 11) is -2.18. The van der Waals surface area contributed by atoms with Crippen LogP contribution in [0.15, 0.2) is 40.6 Å². The van der Waals surface area contributed by atoms with Gasteiger partial charge in [0.2, 0.25) is 10.0 Å². The van der Waals surface area contributed by atoms with Crippen molar-refractivity contribution in [2.75, 3.05) is 18.1 Å². The van der Waals surface area contributed by atoms with Gasteiger partial charge in [0.25, 0.3) is 0 Å². The van der Waals surface area contributed by atoms with Crippen molar-refractivity contribution < 1.29 is 8.42 Å². The fourth-order valence-electron chi connectivity index (χ4n) is 2.04. The number of anilines is 2. The van der Waals surface area contributed by atoms with E-state index in [0.717, 1.165) is 6.42 Å². The van der Waals surface area contributed by atoms with Crippen molar-refractivity contribution in [3.63, 3.8) is 0 Å². The molecule has 2 aromatic rings. The molecular formula is C14H19N3O2S2. The lowest BCUT2D eigenvalue weighted by molar-refractivity contribution is 0.588. The predicted octanol–water partition coefficient (Wildman–Crippen LogP) is 2.80. The molecule has 0 aliphatic carbocycles. The summed E-state index contributed by atoms with van der Waals surface area (Å²) in [5.41, 5.74) is 6.69. The van der Waals surface area contributed by atoms with Crippen molar-refractivity contribution in [1.82, 2.24) is 4.72 Å². The normalized spacial score (nSPS) is 13.0. The lowest BCUT2D eigenvalue weighted by Crippen LogP contribution is -2.21. The van der Waals surface area contributed by atoms with Crippen molar-refractivity contribution in [1.29, 1.82) is 0 Å². The number of rotatable bonds is 6. The molecule has 0 radical (unpaired) electrons. The van der Waals surface area contributed by atoms with Gasteiger partial charge in [-0.2, -0.15) is 0 Å². The topological polar surface area (TPSA) is 84.2 Å². The third kappa shape index (κ3) is 3.55. The molecule has 0 amide bonds. The van der Waals surface area contributed by atoms with Crippen LogP contribution in [0.4, 0.5) is 11.4 Å². The van der Waals surface area contributed by atoms with Crippen LogP contribution in [0.3, 0.4) is 0 Å². The Kier molecular flexibility index (Phi) is 4.87. The molecule has 0 saturated carbocycles. The van der Waals surface area contributed by atoms with Crippen LogP contribution in [0.2, 0.25) is 0 Å². The van der Waals surface area contributed by atoms with E-state index < -0.39 is 10.0 Å². The van der Waals surface area contributed by atoms with E-state index >= 15 is 0 Å². The van der Waals surface area contributed by atoms with Crippen molar-refractivity contribution in [3.05, 3.63) is 40.6 Å². The smallest absolute Gasteiger partial charge is 0.242 e. The van der Waals surface area contributed by atoms with Crippen molar-refractivity contribution in [2.24, 2.45) is 0 Å². The highest BCUT2D eigenvalue weighted by molar-refractivity contribution is 7.89. The zero-order valence-electron chi connectivity index (χ0n) is 12.0. The number of nitrogen functional groups attached to an aromatic ring is 1. The molecule has 7 heteroatoms. The van der Waals surface area contributed by atoms with Gasteiger partial charge < -0.3 is 11.1 Å². The molecule has 5 nitrogen and oxygen atoms in total. The summed E-state index contributed by atoms with van der Waals surface area (Å²) in [4.78, 5) is 1.34. The van der Waals surface area contributed by atoms with Crippen LogP contribution < -0.4 is 15.8 Å². The number of sulfonamides is 1. The predicted molar refractivity (Wildman–Crippen MR) is 88.1 cm³/mol. The molecule has 0 fully saturated rings. The molecule has 1 atom stereocenters. The minimum atomic E-state index is -3.56. The first-order chi connectivity index (χ1) is 9.97. The zero-order chi connectivity index (χ0) is 15.5. The number of hydrogen-bond acceptors (Lipinski definition) is 5. The first-order valence-electron chi connectivity index (χ1n) is 6.61. The Morgan fingerprint density at radius 2 is 2.10 bits per heavy atom. The number of nitrogens with two attached hydrogens (primary N) is 1. The van der Waals surface area contributed by atoms with Crippen LogP contribution in [0.25, 0.3) is 0 Å². The van der Waals surface area contributed by atoms with Gasteiger partial charge in [-0.05, 0) is 43.1 Å². The highest BCUT2D eigenvalue weighted by atomic mass is 32.2. The van der Waals surface area contributed by atoms with Gasteiger partial charge in [0.05, 0.1) is 11.7 Å². The Hall–Kier alpha value is -1.57. The van der Waals surface area contributed by atoms with Crippen LogP contribution in [-0.2, 0) is 10.0 Å². The SMILES string of the molecule is CCC(Nc1ccc(N)cc1S(=O)(=O)NC)c1cccs1. The Bertz CT molecular complexity index is 697. The lowest BCUT2D eigenvalue weighted by Gasteiger charge is -2.19. The van der Waals surface area contributed by atoms with Gasteiger partial charge in [-0.15, -0.1) is 11.3 Å². The first kappa shape index (κ1) is 15.8. The van der Waals surface area contributed by atoms with E-state index in [9.17, 15) is 8.42 Å². The van der Waals surface area contributed by atoms with Crippen LogP contribution in [0.1, 0.15) is 24.3 Å². The molecule has 4 N–H and O–H groups in total. The summed E-state index contributed by atoms with van der Waals surface area (Å²) in [6, 6.07) is 8.96. The maximum absolute atomic E-state index is 12.1. The molecule has 0 spiro atoms. The first-order valence-corrected chi connectivity index (χ1v) is 8.97. The van der Waals surface area contributed by atoms with E-state index in [4.69, 9.17) is 5.73 Å². The van der Waals surface area contributed by atoms with E-state index in [1.165, 1.54) is 18.0 Å². The summed E-state index contributed by atoms with van der Waals surface area (Å²) in [6.07, 6.45) is 0.851. The van der Waals surface area contributed by atoms with E-state index in [-0.39, 0.29) is 10.9 Å². The molecule has 0 aliphatic heterocycles. The van der Waals surface area contributed by atoms with Crippen LogP contribution in [0, 0.1) is 0 Å². The summed E-state index contributed by atoms with van der Waals surface area (Å²) in [5, 5.41) is 5.31. The highest BCUT2D eigenvalue weighted by Crippen LogP contribution is 2.30. The summed E-state index contributed by atoms with van der Waals surface area (Å²) >= 11 is 1.64. The highest BCUT2D eigenvalue weighted by Gasteiger charge is 2.19. The van der Waals surface area contributed by atoms with Gasteiger partial charge in [0, 0.05) is 10.6 Å². The van der Waals surface area contributed by atoms with Crippen LogP contribution in [0.5, 0.6) is 0 Å². The van der Waals surface area contributed by atoms with Gasteiger partial charge in [-0.3, -0.25) is 0 Å². The maximum atomic E-state index is 12.1. The summed E-state index contributed by atoms with van der Waals surface area (Å²) < 4.78 is 26.6. The number of nitrogens with one attached hydrogen (secondary N) is 2. The molecule has 1 aromatic carbocycles. The van der Waals surface area contributed by atoms with Crippen molar-refractivity contribution in [3.8, 4) is 0 Å². The summed E-state index contributed by atoms with van der Waals surface area (Å²) in [6.45, 7) is 2.06. The molecule has 114 valence electrons. The third-order valence-corrected chi connectivity index (χ3v) is 5.63. The number of thiophene rings is 1. The average Bonchev–Trinajstić information content (AvgIpc) is 3.00. The number of hydrogen-bond donors (Lipinski definition) is 3. The maximum Gasteiger partial charge on any atom is 0.242 e. The fraction of sp³-hybridized carbons (Fsp3) is 0.286. The van der Waals surface area contributed by atoms with Gasteiger partial charge in [0.15, 0.2) is 0 Å². The fourth-order valence-corrected chi connectivity index (χ4v) is 3.83. The van der Waals surface area contributed by atoms with E-state index in [1.807, 2.05) is 17.5 Å². The Morgan fingerprint density at radius 3 is 2.67 bits per heavy atom. The Morgan fingerprint density at radius 1 is 1.33 bits per heavy atom. The zero-order valence-corrected chi connectivity index (χ0v) is 13.6. The van der Waals surface area contributed by atoms with Crippen molar-refractivity contribution >= 4 is 32.7 Å². The Balaban J connectivity index is 2.40. The number of benzene rings is 1. The average molecular weight is 325 g/mol. The monoisotopic (exact) mass is 325 g/mol. The molecule has 0 bridgehead atoms. The van der Waals surface area contributed by atoms with Crippen LogP contribution in [-0.4, -0.2) is 15.5 Å². The second-order valence-electron chi connectivity index (χ2n) is 4.58. The minimum absolute atomic E-state index is 0.0689. The Labute approximate surface area is 129 Å². The second kappa shape index (κ2) is 6.46. The second-order valence-corrected chi connectivity index (χ2v) is 7.42. The summed E-state index contributed by atoms with van der Waals surface area (Å²) in [5.74, 6) is 0. The third-order valence-electron chi connectivity index (χ3n) is 3.19. The molecule has 21 heavy (non-hydrogen) atoms. The van der Waals surface area contributed by atoms with Gasteiger partial charge in [-0.25, -0.2) is 13.1 Å². The van der Waals surface area contributed by atoms with Crippen LogP contribution >= 0.6 is 11.3 Å². The lowest BCUT2D eigenvalue weighted by atomic mass is 10.1. The molecule has 0 aliphatic rings. The molecule has 1 heterocycles. The van der Waals surface area contributed by atoms with Crippen molar-refractivity contribution in [2.45, 2.75) is 24.3 Å². The van der Waals surface area contributed by atoms with Gasteiger partial charge in [0.1, 0.15) is 4.90 Å². The quantitative estimate of drug-likeness (QED) is 0.713. The largest absolute Gasteiger partial charge is 0.399 e. The molecule has 0 saturated heterocycles. The van der Waals surface area contributed by atoms with Gasteiger partial charge >= 0.3 is 0 Å². The molecule has 1 aromatic heterocycles. The van der Waals surface area contributed by atoms with Gasteiger partial charge in [-0.1, -0.05) is 13.0 Å². The van der Waals surface area contributed by atoms with E-state index in [2.05, 4.69) is 17.0 Å².